The maximum absolute atomic E-state index is 13.8. The van der Waals surface area contributed by atoms with Gasteiger partial charge >= 0.3 is 0 Å². The van der Waals surface area contributed by atoms with Gasteiger partial charge < -0.3 is 4.98 Å². The molecular formula is C17H15FN2. The van der Waals surface area contributed by atoms with Gasteiger partial charge in [0.05, 0.1) is 5.52 Å². The summed E-state index contributed by atoms with van der Waals surface area (Å²) in [5.74, 6) is 0.887. The van der Waals surface area contributed by atoms with Gasteiger partial charge in [-0.25, -0.2) is 9.37 Å². The number of para-hydroxylation sites is 1. The van der Waals surface area contributed by atoms with E-state index in [1.54, 1.807) is 6.07 Å². The number of aromatic nitrogens is 2. The largest absolute Gasteiger partial charge is 0.341 e. The number of fused-ring (bicyclic) bond motifs is 2. The molecule has 1 atom stereocenters. The number of H-pyrrole nitrogens is 1. The molecule has 1 heterocycles. The van der Waals surface area contributed by atoms with Gasteiger partial charge in [0.1, 0.15) is 11.3 Å². The van der Waals surface area contributed by atoms with E-state index in [-0.39, 0.29) is 11.7 Å². The zero-order valence-electron chi connectivity index (χ0n) is 11.1. The number of nitrogens with zero attached hydrogens (tertiary/aromatic N) is 1. The first kappa shape index (κ1) is 11.6. The molecule has 100 valence electrons. The first-order valence-electron chi connectivity index (χ1n) is 7.05. The Morgan fingerprint density at radius 3 is 2.90 bits per heavy atom. The Bertz CT molecular complexity index is 776. The van der Waals surface area contributed by atoms with Crippen molar-refractivity contribution in [3.05, 3.63) is 65.2 Å². The molecule has 1 aromatic heterocycles. The van der Waals surface area contributed by atoms with E-state index in [1.807, 2.05) is 6.07 Å². The van der Waals surface area contributed by atoms with Gasteiger partial charge in [0.25, 0.3) is 0 Å². The minimum atomic E-state index is -0.255. The third-order valence-electron chi connectivity index (χ3n) is 4.18. The van der Waals surface area contributed by atoms with Crippen LogP contribution in [0.4, 0.5) is 4.39 Å². The fraction of sp³-hybridized carbons (Fsp3) is 0.235. The normalized spacial score (nSPS) is 18.1. The average Bonchev–Trinajstić information content (AvgIpc) is 2.92. The second kappa shape index (κ2) is 4.44. The predicted octanol–water partition coefficient (Wildman–Crippen LogP) is 4.17. The number of aryl methyl sites for hydroxylation is 1. The molecule has 0 radical (unpaired) electrons. The molecule has 0 saturated heterocycles. The molecule has 0 aliphatic heterocycles. The second-order valence-corrected chi connectivity index (χ2v) is 5.40. The van der Waals surface area contributed by atoms with Crippen LogP contribution in [0.1, 0.15) is 35.7 Å². The number of hydrogen-bond acceptors (Lipinski definition) is 1. The lowest BCUT2D eigenvalue weighted by Gasteiger charge is -2.23. The molecule has 20 heavy (non-hydrogen) atoms. The van der Waals surface area contributed by atoms with Crippen LogP contribution in [0.5, 0.6) is 0 Å². The molecule has 0 fully saturated rings. The molecular weight excluding hydrogens is 251 g/mol. The van der Waals surface area contributed by atoms with Gasteiger partial charge in [-0.2, -0.15) is 0 Å². The average molecular weight is 266 g/mol. The van der Waals surface area contributed by atoms with Gasteiger partial charge in [0.15, 0.2) is 5.82 Å². The van der Waals surface area contributed by atoms with Crippen molar-refractivity contribution >= 4 is 11.0 Å². The van der Waals surface area contributed by atoms with E-state index < -0.39 is 0 Å². The standard InChI is InChI=1S/C17H15FN2/c18-14-9-4-10-15-16(14)20-17(19-15)13-8-3-6-11-5-1-2-7-12(11)13/h1-2,4-5,7,9-10,13H,3,6,8H2,(H,19,20). The molecule has 1 unspecified atom stereocenters. The van der Waals surface area contributed by atoms with E-state index >= 15 is 0 Å². The number of aromatic amines is 1. The first-order chi connectivity index (χ1) is 9.83. The Morgan fingerprint density at radius 2 is 2.00 bits per heavy atom. The summed E-state index contributed by atoms with van der Waals surface area (Å²) in [5, 5.41) is 0. The number of imidazole rings is 1. The van der Waals surface area contributed by atoms with Crippen molar-refractivity contribution in [2.24, 2.45) is 0 Å². The van der Waals surface area contributed by atoms with Crippen LogP contribution in [0, 0.1) is 5.82 Å². The first-order valence-corrected chi connectivity index (χ1v) is 7.05. The Morgan fingerprint density at radius 1 is 1.10 bits per heavy atom. The monoisotopic (exact) mass is 266 g/mol. The topological polar surface area (TPSA) is 28.7 Å². The summed E-state index contributed by atoms with van der Waals surface area (Å²) in [4.78, 5) is 7.80. The third-order valence-corrected chi connectivity index (χ3v) is 4.18. The van der Waals surface area contributed by atoms with Crippen LogP contribution in [0.2, 0.25) is 0 Å². The summed E-state index contributed by atoms with van der Waals surface area (Å²) in [6.45, 7) is 0. The van der Waals surface area contributed by atoms with Crippen LogP contribution in [0.25, 0.3) is 11.0 Å². The highest BCUT2D eigenvalue weighted by molar-refractivity contribution is 5.75. The van der Waals surface area contributed by atoms with Gasteiger partial charge in [0.2, 0.25) is 0 Å². The van der Waals surface area contributed by atoms with Crippen molar-refractivity contribution in [1.29, 1.82) is 0 Å². The molecule has 0 bridgehead atoms. The predicted molar refractivity (Wildman–Crippen MR) is 77.3 cm³/mol. The lowest BCUT2D eigenvalue weighted by molar-refractivity contribution is 0.595. The zero-order chi connectivity index (χ0) is 13.5. The molecule has 1 aliphatic carbocycles. The van der Waals surface area contributed by atoms with E-state index in [2.05, 4.69) is 34.2 Å². The molecule has 2 nitrogen and oxygen atoms in total. The maximum Gasteiger partial charge on any atom is 0.151 e. The fourth-order valence-electron chi connectivity index (χ4n) is 3.22. The molecule has 4 rings (SSSR count). The van der Waals surface area contributed by atoms with Crippen LogP contribution >= 0.6 is 0 Å². The number of benzene rings is 2. The zero-order valence-corrected chi connectivity index (χ0v) is 11.1. The van der Waals surface area contributed by atoms with Crippen molar-refractivity contribution in [2.75, 3.05) is 0 Å². The maximum atomic E-state index is 13.8. The van der Waals surface area contributed by atoms with E-state index in [9.17, 15) is 4.39 Å². The van der Waals surface area contributed by atoms with Gasteiger partial charge in [-0.15, -0.1) is 0 Å². The highest BCUT2D eigenvalue weighted by atomic mass is 19.1. The third kappa shape index (κ3) is 1.73. The Hall–Kier alpha value is -2.16. The highest BCUT2D eigenvalue weighted by Gasteiger charge is 2.24. The van der Waals surface area contributed by atoms with Crippen LogP contribution in [-0.2, 0) is 6.42 Å². The van der Waals surface area contributed by atoms with Gasteiger partial charge in [-0.05, 0) is 42.5 Å². The quantitative estimate of drug-likeness (QED) is 0.703. The van der Waals surface area contributed by atoms with Crippen molar-refractivity contribution in [3.63, 3.8) is 0 Å². The van der Waals surface area contributed by atoms with Crippen LogP contribution in [0.15, 0.2) is 42.5 Å². The molecule has 1 N–H and O–H groups in total. The van der Waals surface area contributed by atoms with Gasteiger partial charge in [-0.3, -0.25) is 0 Å². The Labute approximate surface area is 116 Å². The number of nitrogens with one attached hydrogen (secondary N) is 1. The Kier molecular flexibility index (Phi) is 2.59. The van der Waals surface area contributed by atoms with E-state index in [1.165, 1.54) is 17.2 Å². The smallest absolute Gasteiger partial charge is 0.151 e. The van der Waals surface area contributed by atoms with Crippen molar-refractivity contribution < 1.29 is 4.39 Å². The van der Waals surface area contributed by atoms with E-state index in [0.717, 1.165) is 30.6 Å². The summed E-state index contributed by atoms with van der Waals surface area (Å²) < 4.78 is 13.8. The van der Waals surface area contributed by atoms with Crippen molar-refractivity contribution in [1.82, 2.24) is 9.97 Å². The summed E-state index contributed by atoms with van der Waals surface area (Å²) in [6, 6.07) is 13.6. The minimum absolute atomic E-state index is 0.255. The molecule has 0 spiro atoms. The van der Waals surface area contributed by atoms with Crippen molar-refractivity contribution in [2.45, 2.75) is 25.2 Å². The van der Waals surface area contributed by atoms with E-state index in [4.69, 9.17) is 0 Å². The van der Waals surface area contributed by atoms with Gasteiger partial charge in [-0.1, -0.05) is 30.3 Å². The SMILES string of the molecule is Fc1cccc2[nH]c(C3CCCc4ccccc43)nc12. The van der Waals surface area contributed by atoms with Crippen LogP contribution < -0.4 is 0 Å². The minimum Gasteiger partial charge on any atom is -0.341 e. The molecule has 2 aromatic carbocycles. The molecule has 3 aromatic rings. The highest BCUT2D eigenvalue weighted by Crippen LogP contribution is 2.36. The molecule has 0 saturated carbocycles. The summed E-state index contributed by atoms with van der Waals surface area (Å²) >= 11 is 0. The molecule has 3 heteroatoms. The van der Waals surface area contributed by atoms with E-state index in [0.29, 0.717) is 5.52 Å². The molecule has 1 aliphatic rings. The lowest BCUT2D eigenvalue weighted by atomic mass is 9.82. The van der Waals surface area contributed by atoms with Crippen molar-refractivity contribution in [3.8, 4) is 0 Å². The summed E-state index contributed by atoms with van der Waals surface area (Å²) in [6.07, 6.45) is 3.35. The molecule has 0 amide bonds. The summed E-state index contributed by atoms with van der Waals surface area (Å²) in [7, 11) is 0. The Balaban J connectivity index is 1.86. The number of hydrogen-bond donors (Lipinski definition) is 1. The fourth-order valence-corrected chi connectivity index (χ4v) is 3.22. The van der Waals surface area contributed by atoms with Crippen LogP contribution in [-0.4, -0.2) is 9.97 Å². The lowest BCUT2D eigenvalue weighted by Crippen LogP contribution is -2.12. The van der Waals surface area contributed by atoms with Crippen LogP contribution in [0.3, 0.4) is 0 Å². The van der Waals surface area contributed by atoms with Gasteiger partial charge in [0, 0.05) is 5.92 Å². The number of halogens is 1. The summed E-state index contributed by atoms with van der Waals surface area (Å²) in [5.41, 5.74) is 3.96. The number of rotatable bonds is 1. The second-order valence-electron chi connectivity index (χ2n) is 5.40.